The zero-order chi connectivity index (χ0) is 20.5. The van der Waals surface area contributed by atoms with Crippen LogP contribution in [0, 0.1) is 0 Å². The van der Waals surface area contributed by atoms with Crippen LogP contribution in [0.5, 0.6) is 0 Å². The molecular weight excluding hydrogens is 356 g/mol. The van der Waals surface area contributed by atoms with Gasteiger partial charge >= 0.3 is 12.2 Å². The second-order valence-electron chi connectivity index (χ2n) is 6.11. The Morgan fingerprint density at radius 3 is 1.78 bits per heavy atom. The molecule has 0 rings (SSSR count). The highest BCUT2D eigenvalue weighted by Gasteiger charge is 2.18. The number of nitrogens with two attached hydrogens (primary N) is 4. The van der Waals surface area contributed by atoms with Gasteiger partial charge in [-0.05, 0) is 38.8 Å². The fourth-order valence-electron chi connectivity index (χ4n) is 2.32. The summed E-state index contributed by atoms with van der Waals surface area (Å²) in [6.07, 6.45) is 2.69. The lowest BCUT2D eigenvalue weighted by molar-refractivity contribution is -0.120. The largest absolute Gasteiger partial charge is 0.448 e. The smallest absolute Gasteiger partial charge is 0.407 e. The molecule has 0 bridgehead atoms. The summed E-state index contributed by atoms with van der Waals surface area (Å²) in [7, 11) is 0. The average Bonchev–Trinajstić information content (AvgIpc) is 2.63. The third-order valence-corrected chi connectivity index (χ3v) is 3.73. The van der Waals surface area contributed by atoms with E-state index in [1.165, 1.54) is 0 Å². The van der Waals surface area contributed by atoms with Crippen molar-refractivity contribution >= 4 is 18.1 Å². The Labute approximate surface area is 159 Å². The van der Waals surface area contributed by atoms with Gasteiger partial charge in [0.05, 0.1) is 18.6 Å². The van der Waals surface area contributed by atoms with Crippen molar-refractivity contribution in [3.05, 3.63) is 0 Å². The van der Waals surface area contributed by atoms with Crippen LogP contribution in [0.3, 0.4) is 0 Å². The Balaban J connectivity index is 4.47. The molecule has 11 heteroatoms. The van der Waals surface area contributed by atoms with Gasteiger partial charge in [-0.25, -0.2) is 9.59 Å². The fourth-order valence-corrected chi connectivity index (χ4v) is 2.32. The van der Waals surface area contributed by atoms with Gasteiger partial charge < -0.3 is 43.0 Å². The van der Waals surface area contributed by atoms with Gasteiger partial charge in [0.15, 0.2) is 0 Å². The van der Waals surface area contributed by atoms with E-state index in [0.717, 1.165) is 25.7 Å². The highest BCUT2D eigenvalue weighted by Crippen LogP contribution is 2.04. The standard InChI is InChI=1S/C16H34N6O5/c17-7-3-1-5-12(21-14(23)9-19)11-27-16(25)22-13(6-2-4-8-18)10-26-15(20)24/h12-13H,1-11,17-19H2,(H2,20,24)(H,21,23)(H,22,25). The van der Waals surface area contributed by atoms with E-state index in [-0.39, 0.29) is 31.7 Å². The first-order valence-corrected chi connectivity index (χ1v) is 9.18. The van der Waals surface area contributed by atoms with E-state index in [9.17, 15) is 14.4 Å². The molecule has 11 nitrogen and oxygen atoms in total. The molecule has 0 aromatic rings. The number of hydrogen-bond acceptors (Lipinski definition) is 8. The van der Waals surface area contributed by atoms with Crippen LogP contribution in [0.25, 0.3) is 0 Å². The van der Waals surface area contributed by atoms with Crippen LogP contribution in [-0.2, 0) is 14.3 Å². The topological polar surface area (TPSA) is 198 Å². The maximum Gasteiger partial charge on any atom is 0.407 e. The molecule has 0 radical (unpaired) electrons. The number of nitrogens with one attached hydrogen (secondary N) is 2. The number of unbranched alkanes of at least 4 members (excludes halogenated alkanes) is 2. The van der Waals surface area contributed by atoms with Crippen molar-refractivity contribution in [1.82, 2.24) is 10.6 Å². The molecule has 2 unspecified atom stereocenters. The number of carbonyl (C=O) groups excluding carboxylic acids is 3. The summed E-state index contributed by atoms with van der Waals surface area (Å²) >= 11 is 0. The third-order valence-electron chi connectivity index (χ3n) is 3.73. The van der Waals surface area contributed by atoms with E-state index in [1.54, 1.807) is 0 Å². The molecule has 3 amide bonds. The number of alkyl carbamates (subject to hydrolysis) is 1. The second-order valence-corrected chi connectivity index (χ2v) is 6.11. The molecule has 0 aliphatic rings. The second kappa shape index (κ2) is 16.1. The van der Waals surface area contributed by atoms with E-state index in [2.05, 4.69) is 10.6 Å². The van der Waals surface area contributed by atoms with Gasteiger partial charge in [0, 0.05) is 0 Å². The van der Waals surface area contributed by atoms with Crippen molar-refractivity contribution in [1.29, 1.82) is 0 Å². The summed E-state index contributed by atoms with van der Waals surface area (Å²) in [5.74, 6) is -0.328. The highest BCUT2D eigenvalue weighted by atomic mass is 16.6. The number of carbonyl (C=O) groups is 3. The van der Waals surface area contributed by atoms with Crippen LogP contribution in [0.4, 0.5) is 9.59 Å². The van der Waals surface area contributed by atoms with Gasteiger partial charge in [0.25, 0.3) is 0 Å². The summed E-state index contributed by atoms with van der Waals surface area (Å²) < 4.78 is 9.94. The van der Waals surface area contributed by atoms with Crippen LogP contribution in [0.15, 0.2) is 0 Å². The first-order chi connectivity index (χ1) is 12.9. The molecule has 0 aliphatic carbocycles. The first kappa shape index (κ1) is 24.9. The zero-order valence-electron chi connectivity index (χ0n) is 15.8. The molecule has 0 heterocycles. The van der Waals surface area contributed by atoms with E-state index < -0.39 is 18.2 Å². The zero-order valence-corrected chi connectivity index (χ0v) is 15.8. The summed E-state index contributed by atoms with van der Waals surface area (Å²) in [5, 5.41) is 5.34. The van der Waals surface area contributed by atoms with Crippen LogP contribution < -0.4 is 33.6 Å². The third kappa shape index (κ3) is 14.7. The Bertz CT molecular complexity index is 438. The Morgan fingerprint density at radius 1 is 0.778 bits per heavy atom. The van der Waals surface area contributed by atoms with Gasteiger partial charge in [0.1, 0.15) is 13.2 Å². The Morgan fingerprint density at radius 2 is 1.30 bits per heavy atom. The first-order valence-electron chi connectivity index (χ1n) is 9.18. The molecular formula is C16H34N6O5. The van der Waals surface area contributed by atoms with Gasteiger partial charge in [0.2, 0.25) is 5.91 Å². The predicted molar refractivity (Wildman–Crippen MR) is 101 cm³/mol. The summed E-state index contributed by atoms with van der Waals surface area (Å²) in [4.78, 5) is 34.3. The Hall–Kier alpha value is -2.11. The SMILES string of the molecule is NCCCCC(COC(=O)NC(CCCCN)COC(N)=O)NC(=O)CN. The maximum absolute atomic E-state index is 12.0. The lowest BCUT2D eigenvalue weighted by Gasteiger charge is -2.21. The number of rotatable bonds is 15. The summed E-state index contributed by atoms with van der Waals surface area (Å²) in [5.41, 5.74) is 21.2. The molecule has 0 aromatic carbocycles. The molecule has 0 saturated carbocycles. The van der Waals surface area contributed by atoms with Crippen molar-refractivity contribution in [3.63, 3.8) is 0 Å². The van der Waals surface area contributed by atoms with Gasteiger partial charge in [-0.2, -0.15) is 0 Å². The van der Waals surface area contributed by atoms with Crippen molar-refractivity contribution in [2.45, 2.75) is 50.6 Å². The molecule has 0 fully saturated rings. The lowest BCUT2D eigenvalue weighted by atomic mass is 10.1. The normalized spacial score (nSPS) is 12.7. The quantitative estimate of drug-likeness (QED) is 0.189. The lowest BCUT2D eigenvalue weighted by Crippen LogP contribution is -2.44. The average molecular weight is 390 g/mol. The molecule has 2 atom stereocenters. The minimum Gasteiger partial charge on any atom is -0.448 e. The highest BCUT2D eigenvalue weighted by molar-refractivity contribution is 5.78. The van der Waals surface area contributed by atoms with E-state index >= 15 is 0 Å². The molecule has 0 saturated heterocycles. The van der Waals surface area contributed by atoms with Gasteiger partial charge in [-0.3, -0.25) is 4.79 Å². The molecule has 158 valence electrons. The van der Waals surface area contributed by atoms with Crippen molar-refractivity contribution < 1.29 is 23.9 Å². The minimum absolute atomic E-state index is 0.00561. The van der Waals surface area contributed by atoms with E-state index in [4.69, 9.17) is 32.4 Å². The maximum atomic E-state index is 12.0. The molecule has 0 aliphatic heterocycles. The van der Waals surface area contributed by atoms with Gasteiger partial charge in [-0.15, -0.1) is 0 Å². The minimum atomic E-state index is -0.918. The summed E-state index contributed by atoms with van der Waals surface area (Å²) in [6, 6.07) is -0.790. The molecule has 0 aromatic heterocycles. The van der Waals surface area contributed by atoms with Crippen molar-refractivity contribution in [2.75, 3.05) is 32.8 Å². The molecule has 10 N–H and O–H groups in total. The summed E-state index contributed by atoms with van der Waals surface area (Å²) in [6.45, 7) is 0.864. The number of hydrogen-bond donors (Lipinski definition) is 6. The van der Waals surface area contributed by atoms with Crippen LogP contribution in [0.1, 0.15) is 38.5 Å². The van der Waals surface area contributed by atoms with Crippen molar-refractivity contribution in [2.24, 2.45) is 22.9 Å². The predicted octanol–water partition coefficient (Wildman–Crippen LogP) is -1.12. The van der Waals surface area contributed by atoms with Gasteiger partial charge in [-0.1, -0.05) is 12.8 Å². The van der Waals surface area contributed by atoms with Crippen LogP contribution in [-0.4, -0.2) is 63.0 Å². The fraction of sp³-hybridized carbons (Fsp3) is 0.812. The number of ether oxygens (including phenoxy) is 2. The van der Waals surface area contributed by atoms with Crippen LogP contribution >= 0.6 is 0 Å². The molecule has 0 spiro atoms. The van der Waals surface area contributed by atoms with Crippen LogP contribution in [0.2, 0.25) is 0 Å². The van der Waals surface area contributed by atoms with E-state index in [0.29, 0.717) is 25.9 Å². The molecule has 27 heavy (non-hydrogen) atoms. The number of amides is 3. The van der Waals surface area contributed by atoms with E-state index in [1.807, 2.05) is 0 Å². The Kier molecular flexibility index (Phi) is 14.8. The monoisotopic (exact) mass is 390 g/mol. The number of primary amides is 1. The van der Waals surface area contributed by atoms with Crippen molar-refractivity contribution in [3.8, 4) is 0 Å².